The van der Waals surface area contributed by atoms with Crippen molar-refractivity contribution < 1.29 is 9.59 Å². The van der Waals surface area contributed by atoms with Gasteiger partial charge in [0.25, 0.3) is 0 Å². The number of carbonyl (C=O) groups is 2. The van der Waals surface area contributed by atoms with E-state index in [1.54, 1.807) is 0 Å². The molecule has 0 saturated carbocycles. The van der Waals surface area contributed by atoms with Crippen LogP contribution < -0.4 is 11.1 Å². The Hall–Kier alpha value is -3.40. The average Bonchev–Trinajstić information content (AvgIpc) is 2.73. The van der Waals surface area contributed by atoms with Crippen molar-refractivity contribution in [2.75, 3.05) is 0 Å². The normalized spacial score (nSPS) is 11.6. The second-order valence-electron chi connectivity index (χ2n) is 6.62. The molecule has 0 aliphatic carbocycles. The van der Waals surface area contributed by atoms with E-state index in [1.165, 1.54) is 6.42 Å². The number of primary amides is 1. The van der Waals surface area contributed by atoms with Crippen LogP contribution in [0.2, 0.25) is 0 Å². The molecule has 0 aromatic heterocycles. The molecule has 4 heteroatoms. The van der Waals surface area contributed by atoms with Gasteiger partial charge in [0.15, 0.2) is 0 Å². The van der Waals surface area contributed by atoms with Crippen LogP contribution in [0.3, 0.4) is 0 Å². The van der Waals surface area contributed by atoms with Crippen LogP contribution in [-0.2, 0) is 22.4 Å². The highest BCUT2D eigenvalue weighted by Gasteiger charge is 2.18. The Labute approximate surface area is 165 Å². The Balaban J connectivity index is 1.58. The van der Waals surface area contributed by atoms with Crippen molar-refractivity contribution in [2.24, 2.45) is 5.73 Å². The largest absolute Gasteiger partial charge is 0.368 e. The molecule has 0 saturated heterocycles. The zero-order valence-corrected chi connectivity index (χ0v) is 15.5. The highest BCUT2D eigenvalue weighted by molar-refractivity contribution is 5.91. The summed E-state index contributed by atoms with van der Waals surface area (Å²) in [6.07, 6.45) is 2.39. The molecule has 1 atom stereocenters. The SMILES string of the molecule is NC(=O)[C@H](Cc1ccc(-c2ccccc2)cc1)NC(=O)[CH]Cc1ccccc1. The summed E-state index contributed by atoms with van der Waals surface area (Å²) >= 11 is 0. The van der Waals surface area contributed by atoms with E-state index in [-0.39, 0.29) is 5.91 Å². The molecule has 0 aliphatic rings. The molecular weight excluding hydrogens is 348 g/mol. The van der Waals surface area contributed by atoms with E-state index < -0.39 is 11.9 Å². The number of hydrogen-bond donors (Lipinski definition) is 2. The Bertz CT molecular complexity index is 906. The van der Waals surface area contributed by atoms with Crippen molar-refractivity contribution in [3.8, 4) is 11.1 Å². The monoisotopic (exact) mass is 371 g/mol. The third-order valence-corrected chi connectivity index (χ3v) is 4.53. The Kier molecular flexibility index (Phi) is 6.58. The van der Waals surface area contributed by atoms with Crippen molar-refractivity contribution in [2.45, 2.75) is 18.9 Å². The van der Waals surface area contributed by atoms with E-state index in [2.05, 4.69) is 5.32 Å². The molecule has 0 aliphatic heterocycles. The summed E-state index contributed by atoms with van der Waals surface area (Å²) in [6, 6.07) is 26.9. The summed E-state index contributed by atoms with van der Waals surface area (Å²) in [5.41, 5.74) is 9.69. The number of nitrogens with one attached hydrogen (secondary N) is 1. The standard InChI is InChI=1S/C24H23N2O2/c25-24(28)22(26-23(27)16-13-18-7-3-1-4-8-18)17-19-11-14-21(15-12-19)20-9-5-2-6-10-20/h1-12,14-16,22H,13,17H2,(H2,25,28)(H,26,27)/t22-/m0/s1. The third-order valence-electron chi connectivity index (χ3n) is 4.53. The predicted octanol–water partition coefficient (Wildman–Crippen LogP) is 3.31. The first kappa shape index (κ1) is 19.4. The fourth-order valence-corrected chi connectivity index (χ4v) is 2.98. The number of amides is 2. The molecule has 0 heterocycles. The summed E-state index contributed by atoms with van der Waals surface area (Å²) in [4.78, 5) is 24.0. The molecule has 4 nitrogen and oxygen atoms in total. The molecule has 0 spiro atoms. The van der Waals surface area contributed by atoms with Gasteiger partial charge in [-0.1, -0.05) is 84.9 Å². The first-order chi connectivity index (χ1) is 13.6. The van der Waals surface area contributed by atoms with Crippen molar-refractivity contribution in [1.82, 2.24) is 5.32 Å². The Morgan fingerprint density at radius 3 is 1.96 bits per heavy atom. The topological polar surface area (TPSA) is 72.2 Å². The molecule has 28 heavy (non-hydrogen) atoms. The van der Waals surface area contributed by atoms with Crippen molar-refractivity contribution in [3.63, 3.8) is 0 Å². The Morgan fingerprint density at radius 2 is 1.36 bits per heavy atom. The fraction of sp³-hybridized carbons (Fsp3) is 0.125. The molecule has 3 N–H and O–H groups in total. The third kappa shape index (κ3) is 5.55. The first-order valence-electron chi connectivity index (χ1n) is 9.23. The van der Waals surface area contributed by atoms with Crippen LogP contribution in [0, 0.1) is 6.42 Å². The number of nitrogens with two attached hydrogens (primary N) is 1. The van der Waals surface area contributed by atoms with Gasteiger partial charge in [0.2, 0.25) is 11.8 Å². The van der Waals surface area contributed by atoms with Gasteiger partial charge >= 0.3 is 0 Å². The van der Waals surface area contributed by atoms with Gasteiger partial charge in [-0.15, -0.1) is 0 Å². The molecule has 3 rings (SSSR count). The maximum absolute atomic E-state index is 12.2. The maximum Gasteiger partial charge on any atom is 0.240 e. The molecule has 0 fully saturated rings. The van der Waals surface area contributed by atoms with Crippen LogP contribution in [0.25, 0.3) is 11.1 Å². The smallest absolute Gasteiger partial charge is 0.240 e. The summed E-state index contributed by atoms with van der Waals surface area (Å²) in [5, 5.41) is 2.71. The summed E-state index contributed by atoms with van der Waals surface area (Å²) < 4.78 is 0. The van der Waals surface area contributed by atoms with Crippen LogP contribution in [0.1, 0.15) is 11.1 Å². The van der Waals surface area contributed by atoms with Crippen molar-refractivity contribution >= 4 is 11.8 Å². The van der Waals surface area contributed by atoms with Gasteiger partial charge in [-0.2, -0.15) is 0 Å². The van der Waals surface area contributed by atoms with Gasteiger partial charge in [0.1, 0.15) is 6.04 Å². The van der Waals surface area contributed by atoms with Crippen molar-refractivity contribution in [1.29, 1.82) is 0 Å². The van der Waals surface area contributed by atoms with Gasteiger partial charge < -0.3 is 11.1 Å². The highest BCUT2D eigenvalue weighted by atomic mass is 16.2. The van der Waals surface area contributed by atoms with E-state index in [0.717, 1.165) is 22.3 Å². The zero-order valence-electron chi connectivity index (χ0n) is 15.5. The quantitative estimate of drug-likeness (QED) is 0.638. The van der Waals surface area contributed by atoms with Gasteiger partial charge in [0, 0.05) is 6.42 Å². The molecule has 141 valence electrons. The molecule has 3 aromatic carbocycles. The van der Waals surface area contributed by atoms with Gasteiger partial charge in [-0.25, -0.2) is 0 Å². The number of benzene rings is 3. The summed E-state index contributed by atoms with van der Waals surface area (Å²) in [5.74, 6) is -0.845. The molecule has 1 radical (unpaired) electrons. The summed E-state index contributed by atoms with van der Waals surface area (Å²) in [6.45, 7) is 0. The second-order valence-corrected chi connectivity index (χ2v) is 6.62. The minimum absolute atomic E-state index is 0.298. The number of hydrogen-bond acceptors (Lipinski definition) is 2. The van der Waals surface area contributed by atoms with Crippen molar-refractivity contribution in [3.05, 3.63) is 102 Å². The van der Waals surface area contributed by atoms with Gasteiger partial charge in [-0.05, 0) is 28.7 Å². The van der Waals surface area contributed by atoms with E-state index in [4.69, 9.17) is 5.73 Å². The fourth-order valence-electron chi connectivity index (χ4n) is 2.98. The number of rotatable bonds is 8. The summed E-state index contributed by atoms with van der Waals surface area (Å²) in [7, 11) is 0. The van der Waals surface area contributed by atoms with Crippen LogP contribution in [0.4, 0.5) is 0 Å². The lowest BCUT2D eigenvalue weighted by atomic mass is 10.00. The highest BCUT2D eigenvalue weighted by Crippen LogP contribution is 2.19. The van der Waals surface area contributed by atoms with Crippen LogP contribution >= 0.6 is 0 Å². The van der Waals surface area contributed by atoms with Gasteiger partial charge in [-0.3, -0.25) is 9.59 Å². The number of carbonyl (C=O) groups excluding carboxylic acids is 2. The van der Waals surface area contributed by atoms with Crippen LogP contribution in [-0.4, -0.2) is 17.9 Å². The lowest BCUT2D eigenvalue weighted by Crippen LogP contribution is -2.46. The lowest BCUT2D eigenvalue weighted by Gasteiger charge is -2.16. The van der Waals surface area contributed by atoms with E-state index in [1.807, 2.05) is 84.9 Å². The average molecular weight is 371 g/mol. The molecule has 2 amide bonds. The zero-order chi connectivity index (χ0) is 19.8. The predicted molar refractivity (Wildman–Crippen MR) is 111 cm³/mol. The van der Waals surface area contributed by atoms with Crippen LogP contribution in [0.5, 0.6) is 0 Å². The molecular formula is C24H23N2O2. The van der Waals surface area contributed by atoms with E-state index in [9.17, 15) is 9.59 Å². The van der Waals surface area contributed by atoms with E-state index >= 15 is 0 Å². The minimum atomic E-state index is -0.748. The molecule has 0 bridgehead atoms. The molecule has 3 aromatic rings. The lowest BCUT2D eigenvalue weighted by molar-refractivity contribution is -0.125. The second kappa shape index (κ2) is 9.51. The molecule has 0 unspecified atom stereocenters. The van der Waals surface area contributed by atoms with Crippen LogP contribution in [0.15, 0.2) is 84.9 Å². The first-order valence-corrected chi connectivity index (χ1v) is 9.23. The maximum atomic E-state index is 12.2. The van der Waals surface area contributed by atoms with E-state index in [0.29, 0.717) is 12.8 Å². The Morgan fingerprint density at radius 1 is 0.786 bits per heavy atom. The van der Waals surface area contributed by atoms with Gasteiger partial charge in [0.05, 0.1) is 6.42 Å². The minimum Gasteiger partial charge on any atom is -0.368 e.